The predicted octanol–water partition coefficient (Wildman–Crippen LogP) is 1.08. The van der Waals surface area contributed by atoms with Gasteiger partial charge in [0.2, 0.25) is 0 Å². The van der Waals surface area contributed by atoms with Gasteiger partial charge in [0.15, 0.2) is 0 Å². The molecule has 82 valence electrons. The molecule has 0 bridgehead atoms. The number of rotatable bonds is 3. The lowest BCUT2D eigenvalue weighted by Crippen LogP contribution is -2.25. The molecule has 0 heterocycles. The zero-order valence-electron chi connectivity index (χ0n) is 9.37. The summed E-state index contributed by atoms with van der Waals surface area (Å²) in [5, 5.41) is 2.77. The highest BCUT2D eigenvalue weighted by molar-refractivity contribution is 6.00. The Bertz CT molecular complexity index is 361. The summed E-state index contributed by atoms with van der Waals surface area (Å²) in [5.41, 5.74) is 7.82. The standard InChI is InChI=1S/C11H17N3O/c1-4-13-11(15)9-6-5-8(12)7-10(9)14(2)3/h5-7H,4,12H2,1-3H3,(H,13,15). The minimum absolute atomic E-state index is 0.0683. The van der Waals surface area contributed by atoms with E-state index in [9.17, 15) is 4.79 Å². The first-order chi connectivity index (χ1) is 7.06. The Hall–Kier alpha value is -1.71. The Morgan fingerprint density at radius 1 is 1.47 bits per heavy atom. The van der Waals surface area contributed by atoms with E-state index in [4.69, 9.17) is 5.73 Å². The molecular weight excluding hydrogens is 190 g/mol. The van der Waals surface area contributed by atoms with Crippen LogP contribution in [-0.2, 0) is 0 Å². The van der Waals surface area contributed by atoms with Crippen LogP contribution in [0.2, 0.25) is 0 Å². The highest BCUT2D eigenvalue weighted by Crippen LogP contribution is 2.21. The summed E-state index contributed by atoms with van der Waals surface area (Å²) in [6.07, 6.45) is 0. The van der Waals surface area contributed by atoms with Gasteiger partial charge in [0.05, 0.1) is 11.3 Å². The first kappa shape index (κ1) is 11.4. The van der Waals surface area contributed by atoms with Crippen molar-refractivity contribution < 1.29 is 4.79 Å². The van der Waals surface area contributed by atoms with Crippen molar-refractivity contribution in [1.29, 1.82) is 0 Å². The summed E-state index contributed by atoms with van der Waals surface area (Å²) >= 11 is 0. The average Bonchev–Trinajstić information content (AvgIpc) is 2.17. The van der Waals surface area contributed by atoms with Crippen LogP contribution in [0.25, 0.3) is 0 Å². The fourth-order valence-electron chi connectivity index (χ4n) is 1.37. The summed E-state index contributed by atoms with van der Waals surface area (Å²) in [4.78, 5) is 13.6. The monoisotopic (exact) mass is 207 g/mol. The number of carbonyl (C=O) groups excluding carboxylic acids is 1. The summed E-state index contributed by atoms with van der Waals surface area (Å²) in [6, 6.07) is 5.28. The van der Waals surface area contributed by atoms with E-state index in [-0.39, 0.29) is 5.91 Å². The summed E-state index contributed by atoms with van der Waals surface area (Å²) in [6.45, 7) is 2.51. The van der Waals surface area contributed by atoms with Gasteiger partial charge in [-0.05, 0) is 25.1 Å². The quantitative estimate of drug-likeness (QED) is 0.729. The number of hydrogen-bond acceptors (Lipinski definition) is 3. The van der Waals surface area contributed by atoms with Crippen molar-refractivity contribution >= 4 is 17.3 Å². The molecule has 15 heavy (non-hydrogen) atoms. The number of benzene rings is 1. The van der Waals surface area contributed by atoms with Crippen molar-refractivity contribution in [1.82, 2.24) is 5.32 Å². The zero-order chi connectivity index (χ0) is 11.4. The molecule has 4 heteroatoms. The molecule has 3 N–H and O–H groups in total. The molecular formula is C11H17N3O. The van der Waals surface area contributed by atoms with E-state index in [0.717, 1.165) is 5.69 Å². The van der Waals surface area contributed by atoms with Crippen LogP contribution in [0.3, 0.4) is 0 Å². The number of anilines is 2. The van der Waals surface area contributed by atoms with Crippen molar-refractivity contribution in [2.75, 3.05) is 31.3 Å². The maximum Gasteiger partial charge on any atom is 0.253 e. The van der Waals surface area contributed by atoms with Crippen molar-refractivity contribution in [2.45, 2.75) is 6.92 Å². The Morgan fingerprint density at radius 2 is 2.13 bits per heavy atom. The van der Waals surface area contributed by atoms with Crippen LogP contribution < -0.4 is 16.0 Å². The van der Waals surface area contributed by atoms with Crippen LogP contribution in [0.1, 0.15) is 17.3 Å². The van der Waals surface area contributed by atoms with E-state index >= 15 is 0 Å². The van der Waals surface area contributed by atoms with Crippen molar-refractivity contribution in [2.24, 2.45) is 0 Å². The first-order valence-corrected chi connectivity index (χ1v) is 4.91. The maximum absolute atomic E-state index is 11.7. The van der Waals surface area contributed by atoms with Crippen molar-refractivity contribution in [3.8, 4) is 0 Å². The van der Waals surface area contributed by atoms with Crippen molar-refractivity contribution in [3.63, 3.8) is 0 Å². The van der Waals surface area contributed by atoms with Gasteiger partial charge in [0.25, 0.3) is 5.91 Å². The summed E-state index contributed by atoms with van der Waals surface area (Å²) in [5.74, 6) is -0.0683. The fourth-order valence-corrected chi connectivity index (χ4v) is 1.37. The lowest BCUT2D eigenvalue weighted by Gasteiger charge is -2.17. The Kier molecular flexibility index (Phi) is 3.55. The first-order valence-electron chi connectivity index (χ1n) is 4.91. The summed E-state index contributed by atoms with van der Waals surface area (Å²) in [7, 11) is 3.77. The molecule has 0 saturated carbocycles. The van der Waals surface area contributed by atoms with Gasteiger partial charge in [-0.25, -0.2) is 0 Å². The van der Waals surface area contributed by atoms with Gasteiger partial charge < -0.3 is 16.0 Å². The topological polar surface area (TPSA) is 58.4 Å². The summed E-state index contributed by atoms with van der Waals surface area (Å²) < 4.78 is 0. The third kappa shape index (κ3) is 2.62. The van der Waals surface area contributed by atoms with Gasteiger partial charge in [-0.15, -0.1) is 0 Å². The van der Waals surface area contributed by atoms with E-state index in [2.05, 4.69) is 5.32 Å². The minimum atomic E-state index is -0.0683. The molecule has 0 spiro atoms. The number of nitrogens with zero attached hydrogens (tertiary/aromatic N) is 1. The third-order valence-electron chi connectivity index (χ3n) is 2.09. The van der Waals surface area contributed by atoms with Gasteiger partial charge in [0, 0.05) is 26.3 Å². The van der Waals surface area contributed by atoms with E-state index in [0.29, 0.717) is 17.8 Å². The third-order valence-corrected chi connectivity index (χ3v) is 2.09. The molecule has 0 fully saturated rings. The minimum Gasteiger partial charge on any atom is -0.399 e. The Morgan fingerprint density at radius 3 is 2.67 bits per heavy atom. The second-order valence-electron chi connectivity index (χ2n) is 3.53. The fraction of sp³-hybridized carbons (Fsp3) is 0.364. The van der Waals surface area contributed by atoms with Gasteiger partial charge in [-0.3, -0.25) is 4.79 Å². The molecule has 0 aliphatic rings. The van der Waals surface area contributed by atoms with Crippen LogP contribution in [0.15, 0.2) is 18.2 Å². The highest BCUT2D eigenvalue weighted by atomic mass is 16.1. The van der Waals surface area contributed by atoms with Crippen LogP contribution in [0.4, 0.5) is 11.4 Å². The second-order valence-corrected chi connectivity index (χ2v) is 3.53. The van der Waals surface area contributed by atoms with Crippen molar-refractivity contribution in [3.05, 3.63) is 23.8 Å². The number of nitrogens with one attached hydrogen (secondary N) is 1. The normalized spacial score (nSPS) is 9.80. The van der Waals surface area contributed by atoms with Crippen LogP contribution in [0, 0.1) is 0 Å². The highest BCUT2D eigenvalue weighted by Gasteiger charge is 2.11. The molecule has 4 nitrogen and oxygen atoms in total. The van der Waals surface area contributed by atoms with Gasteiger partial charge in [0.1, 0.15) is 0 Å². The number of amides is 1. The molecule has 1 aromatic rings. The molecule has 1 rings (SSSR count). The van der Waals surface area contributed by atoms with Gasteiger partial charge in [-0.2, -0.15) is 0 Å². The second kappa shape index (κ2) is 4.68. The van der Waals surface area contributed by atoms with E-state index in [1.165, 1.54) is 0 Å². The SMILES string of the molecule is CCNC(=O)c1ccc(N)cc1N(C)C. The Labute approximate surface area is 90.1 Å². The Balaban J connectivity index is 3.11. The predicted molar refractivity (Wildman–Crippen MR) is 63.2 cm³/mol. The lowest BCUT2D eigenvalue weighted by molar-refractivity contribution is 0.0956. The molecule has 0 aliphatic heterocycles. The number of nitrogen functional groups attached to an aromatic ring is 1. The van der Waals surface area contributed by atoms with E-state index < -0.39 is 0 Å². The van der Waals surface area contributed by atoms with Crippen LogP contribution >= 0.6 is 0 Å². The largest absolute Gasteiger partial charge is 0.399 e. The molecule has 0 aliphatic carbocycles. The molecule has 1 aromatic carbocycles. The molecule has 0 radical (unpaired) electrons. The molecule has 0 unspecified atom stereocenters. The number of nitrogens with two attached hydrogens (primary N) is 1. The zero-order valence-corrected chi connectivity index (χ0v) is 9.37. The van der Waals surface area contributed by atoms with Gasteiger partial charge >= 0.3 is 0 Å². The maximum atomic E-state index is 11.7. The van der Waals surface area contributed by atoms with Crippen LogP contribution in [0.5, 0.6) is 0 Å². The lowest BCUT2D eigenvalue weighted by atomic mass is 10.1. The molecule has 0 atom stereocenters. The molecule has 0 aromatic heterocycles. The smallest absolute Gasteiger partial charge is 0.253 e. The van der Waals surface area contributed by atoms with E-state index in [1.807, 2.05) is 25.9 Å². The number of hydrogen-bond donors (Lipinski definition) is 2. The van der Waals surface area contributed by atoms with E-state index in [1.54, 1.807) is 18.2 Å². The average molecular weight is 207 g/mol. The van der Waals surface area contributed by atoms with Gasteiger partial charge in [-0.1, -0.05) is 0 Å². The molecule has 0 saturated heterocycles. The number of carbonyl (C=O) groups is 1. The molecule has 1 amide bonds. The van der Waals surface area contributed by atoms with Crippen LogP contribution in [-0.4, -0.2) is 26.5 Å².